The van der Waals surface area contributed by atoms with E-state index in [0.29, 0.717) is 5.69 Å². The summed E-state index contributed by atoms with van der Waals surface area (Å²) in [7, 11) is 0. The number of hydrogen-bond donors (Lipinski definition) is 1. The van der Waals surface area contributed by atoms with Gasteiger partial charge in [-0.2, -0.15) is 13.2 Å². The minimum atomic E-state index is -4.33. The summed E-state index contributed by atoms with van der Waals surface area (Å²) in [6.07, 6.45) is 1.31. The van der Waals surface area contributed by atoms with Crippen molar-refractivity contribution >= 4 is 21.6 Å². The van der Waals surface area contributed by atoms with Crippen LogP contribution in [0.5, 0.6) is 0 Å². The zero-order valence-electron chi connectivity index (χ0n) is 11.9. The summed E-state index contributed by atoms with van der Waals surface area (Å²) in [4.78, 5) is 0. The van der Waals surface area contributed by atoms with Crippen molar-refractivity contribution in [2.24, 2.45) is 0 Å². The van der Waals surface area contributed by atoms with Crippen LogP contribution in [0.15, 0.2) is 22.7 Å². The summed E-state index contributed by atoms with van der Waals surface area (Å²) in [5.74, 6) is 0. The molecular formula is C15H21BrF3N. The van der Waals surface area contributed by atoms with Gasteiger partial charge in [-0.15, -0.1) is 0 Å². The van der Waals surface area contributed by atoms with Crippen LogP contribution in [0.2, 0.25) is 0 Å². The van der Waals surface area contributed by atoms with E-state index in [9.17, 15) is 13.2 Å². The topological polar surface area (TPSA) is 12.0 Å². The van der Waals surface area contributed by atoms with Crippen LogP contribution in [-0.4, -0.2) is 6.04 Å². The first-order valence-electron chi connectivity index (χ1n) is 6.98. The van der Waals surface area contributed by atoms with Crippen molar-refractivity contribution in [3.8, 4) is 0 Å². The van der Waals surface area contributed by atoms with Crippen molar-refractivity contribution in [1.82, 2.24) is 0 Å². The molecule has 1 unspecified atom stereocenters. The van der Waals surface area contributed by atoms with Gasteiger partial charge in [-0.3, -0.25) is 0 Å². The van der Waals surface area contributed by atoms with Crippen molar-refractivity contribution in [3.63, 3.8) is 0 Å². The fourth-order valence-electron chi connectivity index (χ4n) is 2.07. The highest BCUT2D eigenvalue weighted by Crippen LogP contribution is 2.36. The number of halogens is 4. The van der Waals surface area contributed by atoms with Gasteiger partial charge in [0.2, 0.25) is 0 Å². The number of anilines is 1. The molecule has 0 saturated carbocycles. The van der Waals surface area contributed by atoms with Gasteiger partial charge in [0, 0.05) is 16.2 Å². The molecule has 0 bridgehead atoms. The lowest BCUT2D eigenvalue weighted by molar-refractivity contribution is -0.138. The largest absolute Gasteiger partial charge is 0.417 e. The minimum absolute atomic E-state index is 0.0751. The van der Waals surface area contributed by atoms with E-state index in [1.165, 1.54) is 25.3 Å². The van der Waals surface area contributed by atoms with Crippen molar-refractivity contribution < 1.29 is 13.2 Å². The Bertz CT molecular complexity index is 418. The van der Waals surface area contributed by atoms with Crippen molar-refractivity contribution in [1.29, 1.82) is 0 Å². The highest BCUT2D eigenvalue weighted by molar-refractivity contribution is 9.10. The Morgan fingerprint density at radius 1 is 1.20 bits per heavy atom. The average Bonchev–Trinajstić information content (AvgIpc) is 2.36. The van der Waals surface area contributed by atoms with E-state index in [1.54, 1.807) is 6.07 Å². The van der Waals surface area contributed by atoms with Gasteiger partial charge in [-0.25, -0.2) is 0 Å². The van der Waals surface area contributed by atoms with Crippen LogP contribution < -0.4 is 5.32 Å². The number of hydrogen-bond acceptors (Lipinski definition) is 1. The maximum atomic E-state index is 12.8. The van der Waals surface area contributed by atoms with Gasteiger partial charge in [0.05, 0.1) is 5.56 Å². The molecule has 0 heterocycles. The monoisotopic (exact) mass is 351 g/mol. The number of nitrogens with one attached hydrogen (secondary N) is 1. The predicted molar refractivity (Wildman–Crippen MR) is 81.0 cm³/mol. The summed E-state index contributed by atoms with van der Waals surface area (Å²) in [6, 6.07) is 4.44. The fourth-order valence-corrected chi connectivity index (χ4v) is 2.54. The fraction of sp³-hybridized carbons (Fsp3) is 0.600. The second-order valence-electron chi connectivity index (χ2n) is 5.09. The summed E-state index contributed by atoms with van der Waals surface area (Å²) < 4.78 is 38.5. The smallest absolute Gasteiger partial charge is 0.383 e. The summed E-state index contributed by atoms with van der Waals surface area (Å²) >= 11 is 2.94. The van der Waals surface area contributed by atoms with E-state index in [2.05, 4.69) is 28.2 Å². The van der Waals surface area contributed by atoms with Gasteiger partial charge in [-0.1, -0.05) is 48.5 Å². The Kier molecular flexibility index (Phi) is 6.86. The van der Waals surface area contributed by atoms with Gasteiger partial charge < -0.3 is 5.32 Å². The molecule has 1 aromatic rings. The zero-order chi connectivity index (χ0) is 15.2. The second kappa shape index (κ2) is 7.91. The van der Waals surface area contributed by atoms with Crippen LogP contribution in [0.25, 0.3) is 0 Å². The normalized spacial score (nSPS) is 13.3. The molecule has 0 aromatic heterocycles. The highest BCUT2D eigenvalue weighted by Gasteiger charge is 2.33. The lowest BCUT2D eigenvalue weighted by Gasteiger charge is -2.17. The molecule has 1 N–H and O–H groups in total. The Morgan fingerprint density at radius 2 is 1.90 bits per heavy atom. The van der Waals surface area contributed by atoms with E-state index in [-0.39, 0.29) is 10.5 Å². The lowest BCUT2D eigenvalue weighted by Crippen LogP contribution is -2.16. The number of unbranched alkanes of at least 4 members (excludes halogenated alkanes) is 3. The van der Waals surface area contributed by atoms with E-state index in [0.717, 1.165) is 18.9 Å². The maximum Gasteiger partial charge on any atom is 0.417 e. The molecule has 20 heavy (non-hydrogen) atoms. The SMILES string of the molecule is CCCCCCC(C)Nc1ccc(Br)c(C(F)(F)F)c1. The Hall–Kier alpha value is -0.710. The molecule has 0 saturated heterocycles. The van der Waals surface area contributed by atoms with Crippen molar-refractivity contribution in [3.05, 3.63) is 28.2 Å². The van der Waals surface area contributed by atoms with Crippen LogP contribution in [-0.2, 0) is 6.18 Å². The first kappa shape index (κ1) is 17.3. The third-order valence-electron chi connectivity index (χ3n) is 3.18. The van der Waals surface area contributed by atoms with Crippen LogP contribution in [0.4, 0.5) is 18.9 Å². The Labute approximate surface area is 127 Å². The van der Waals surface area contributed by atoms with E-state index >= 15 is 0 Å². The van der Waals surface area contributed by atoms with Crippen molar-refractivity contribution in [2.45, 2.75) is 58.2 Å². The van der Waals surface area contributed by atoms with Crippen LogP contribution in [0.3, 0.4) is 0 Å². The molecule has 1 aromatic carbocycles. The third-order valence-corrected chi connectivity index (χ3v) is 3.87. The molecule has 1 atom stereocenters. The molecule has 114 valence electrons. The average molecular weight is 352 g/mol. The van der Waals surface area contributed by atoms with Gasteiger partial charge in [0.1, 0.15) is 0 Å². The summed E-state index contributed by atoms with van der Waals surface area (Å²) in [6.45, 7) is 4.16. The van der Waals surface area contributed by atoms with Crippen LogP contribution in [0, 0.1) is 0 Å². The molecule has 1 rings (SSSR count). The van der Waals surface area contributed by atoms with E-state index < -0.39 is 11.7 Å². The first-order valence-corrected chi connectivity index (χ1v) is 7.77. The molecule has 0 aliphatic carbocycles. The van der Waals surface area contributed by atoms with Crippen LogP contribution >= 0.6 is 15.9 Å². The van der Waals surface area contributed by atoms with Gasteiger partial charge in [-0.05, 0) is 31.5 Å². The minimum Gasteiger partial charge on any atom is -0.383 e. The van der Waals surface area contributed by atoms with E-state index in [4.69, 9.17) is 0 Å². The van der Waals surface area contributed by atoms with Crippen molar-refractivity contribution in [2.75, 3.05) is 5.32 Å². The number of alkyl halides is 3. The second-order valence-corrected chi connectivity index (χ2v) is 5.94. The molecule has 0 aliphatic rings. The predicted octanol–water partition coefficient (Wildman–Crippen LogP) is 6.24. The van der Waals surface area contributed by atoms with Crippen LogP contribution in [0.1, 0.15) is 51.5 Å². The molecular weight excluding hydrogens is 331 g/mol. The molecule has 5 heteroatoms. The first-order chi connectivity index (χ1) is 9.34. The summed E-state index contributed by atoms with van der Waals surface area (Å²) in [5.41, 5.74) is -0.121. The van der Waals surface area contributed by atoms with E-state index in [1.807, 2.05) is 6.92 Å². The lowest BCUT2D eigenvalue weighted by atomic mass is 10.1. The van der Waals surface area contributed by atoms with Gasteiger partial charge in [0.25, 0.3) is 0 Å². The molecule has 0 fully saturated rings. The van der Waals surface area contributed by atoms with Gasteiger partial charge >= 0.3 is 6.18 Å². The molecule has 0 spiro atoms. The molecule has 0 amide bonds. The number of rotatable bonds is 7. The van der Waals surface area contributed by atoms with Gasteiger partial charge in [0.15, 0.2) is 0 Å². The third kappa shape index (κ3) is 5.73. The quantitative estimate of drug-likeness (QED) is 0.573. The Morgan fingerprint density at radius 3 is 2.50 bits per heavy atom. The molecule has 0 aliphatic heterocycles. The highest BCUT2D eigenvalue weighted by atomic mass is 79.9. The molecule has 1 nitrogen and oxygen atoms in total. The summed E-state index contributed by atoms with van der Waals surface area (Å²) in [5, 5.41) is 3.14. The maximum absolute atomic E-state index is 12.8. The number of benzene rings is 1. The zero-order valence-corrected chi connectivity index (χ0v) is 13.4. The standard InChI is InChI=1S/C15H21BrF3N/c1-3-4-5-6-7-11(2)20-12-8-9-14(16)13(10-12)15(17,18)19/h8-11,20H,3-7H2,1-2H3. The molecule has 0 radical (unpaired) electrons. The Balaban J connectivity index is 2.60.